The van der Waals surface area contributed by atoms with Gasteiger partial charge >= 0.3 is 0 Å². The van der Waals surface area contributed by atoms with Gasteiger partial charge in [0, 0.05) is 19.2 Å². The number of nitrogens with one attached hydrogen (secondary N) is 3. The highest BCUT2D eigenvalue weighted by Gasteiger charge is 2.17. The van der Waals surface area contributed by atoms with Crippen molar-refractivity contribution in [3.63, 3.8) is 0 Å². The summed E-state index contributed by atoms with van der Waals surface area (Å²) in [6.45, 7) is 3.30. The van der Waals surface area contributed by atoms with E-state index < -0.39 is 0 Å². The fourth-order valence-electron chi connectivity index (χ4n) is 3.12. The molecule has 1 unspecified atom stereocenters. The van der Waals surface area contributed by atoms with Crippen LogP contribution in [0.2, 0.25) is 0 Å². The van der Waals surface area contributed by atoms with E-state index in [1.54, 1.807) is 13.2 Å². The molecule has 0 fully saturated rings. The molecule has 0 spiro atoms. The van der Waals surface area contributed by atoms with Crippen molar-refractivity contribution in [1.29, 1.82) is 0 Å². The first kappa shape index (κ1) is 22.2. The van der Waals surface area contributed by atoms with Crippen LogP contribution in [0, 0.1) is 0 Å². The van der Waals surface area contributed by atoms with Crippen molar-refractivity contribution in [3.05, 3.63) is 78.1 Å². The van der Waals surface area contributed by atoms with Crippen LogP contribution in [0.1, 0.15) is 30.9 Å². The Morgan fingerprint density at radius 3 is 2.39 bits per heavy atom. The summed E-state index contributed by atoms with van der Waals surface area (Å²) in [5, 5.41) is 9.51. The maximum atomic E-state index is 12.8. The molecular formula is C24H29N5O2. The zero-order chi connectivity index (χ0) is 21.9. The molecule has 0 bridgehead atoms. The molecule has 0 aliphatic heterocycles. The molecule has 162 valence electrons. The van der Waals surface area contributed by atoms with Gasteiger partial charge in [-0.15, -0.1) is 0 Å². The standard InChI is InChI=1S/C24H29N5O2/c1-3-7-21(25-15-18-8-5-4-6-9-18)24(30)29-23-14-22(27-17-28-23)26-16-19-10-12-20(31-2)13-11-19/h4-6,8-14,17,21,25H,3,7,15-16H2,1-2H3,(H2,26,27,28,29,30). The van der Waals surface area contributed by atoms with Crippen LogP contribution in [-0.2, 0) is 17.9 Å². The first-order valence-electron chi connectivity index (χ1n) is 10.4. The van der Waals surface area contributed by atoms with E-state index >= 15 is 0 Å². The van der Waals surface area contributed by atoms with Crippen LogP contribution in [0.3, 0.4) is 0 Å². The van der Waals surface area contributed by atoms with Crippen LogP contribution < -0.4 is 20.7 Å². The lowest BCUT2D eigenvalue weighted by Gasteiger charge is -2.18. The van der Waals surface area contributed by atoms with E-state index in [1.807, 2.05) is 54.6 Å². The number of hydrogen-bond acceptors (Lipinski definition) is 6. The van der Waals surface area contributed by atoms with E-state index in [0.717, 1.165) is 29.7 Å². The minimum atomic E-state index is -0.295. The van der Waals surface area contributed by atoms with Gasteiger partial charge in [0.1, 0.15) is 23.7 Å². The van der Waals surface area contributed by atoms with Gasteiger partial charge in [0.2, 0.25) is 5.91 Å². The lowest BCUT2D eigenvalue weighted by molar-refractivity contribution is -0.118. The molecule has 0 radical (unpaired) electrons. The summed E-state index contributed by atoms with van der Waals surface area (Å²) in [5.41, 5.74) is 2.24. The Labute approximate surface area is 183 Å². The zero-order valence-corrected chi connectivity index (χ0v) is 18.0. The molecule has 0 saturated heterocycles. The Morgan fingerprint density at radius 1 is 0.968 bits per heavy atom. The number of hydrogen-bond donors (Lipinski definition) is 3. The summed E-state index contributed by atoms with van der Waals surface area (Å²) in [5.74, 6) is 1.83. The lowest BCUT2D eigenvalue weighted by Crippen LogP contribution is -2.40. The van der Waals surface area contributed by atoms with Gasteiger partial charge in [-0.25, -0.2) is 9.97 Å². The molecular weight excluding hydrogens is 390 g/mol. The monoisotopic (exact) mass is 419 g/mol. The topological polar surface area (TPSA) is 88.2 Å². The molecule has 3 N–H and O–H groups in total. The second kappa shape index (κ2) is 11.7. The predicted molar refractivity (Wildman–Crippen MR) is 123 cm³/mol. The Balaban J connectivity index is 1.56. The van der Waals surface area contributed by atoms with E-state index in [2.05, 4.69) is 32.8 Å². The summed E-state index contributed by atoms with van der Waals surface area (Å²) >= 11 is 0. The average Bonchev–Trinajstić information content (AvgIpc) is 2.81. The molecule has 0 saturated carbocycles. The van der Waals surface area contributed by atoms with Gasteiger partial charge in [-0.2, -0.15) is 0 Å². The summed E-state index contributed by atoms with van der Waals surface area (Å²) in [7, 11) is 1.65. The van der Waals surface area contributed by atoms with E-state index in [1.165, 1.54) is 6.33 Å². The molecule has 7 nitrogen and oxygen atoms in total. The van der Waals surface area contributed by atoms with E-state index in [9.17, 15) is 4.79 Å². The van der Waals surface area contributed by atoms with Crippen molar-refractivity contribution in [1.82, 2.24) is 15.3 Å². The van der Waals surface area contributed by atoms with Gasteiger partial charge in [0.15, 0.2) is 0 Å². The first-order valence-corrected chi connectivity index (χ1v) is 10.4. The quantitative estimate of drug-likeness (QED) is 0.435. The number of aromatic nitrogens is 2. The van der Waals surface area contributed by atoms with Crippen molar-refractivity contribution in [3.8, 4) is 5.75 Å². The van der Waals surface area contributed by atoms with Crippen LogP contribution in [0.25, 0.3) is 0 Å². The Hall–Kier alpha value is -3.45. The first-order chi connectivity index (χ1) is 15.2. The minimum absolute atomic E-state index is 0.0995. The molecule has 3 rings (SSSR count). The Kier molecular flexibility index (Phi) is 8.37. The number of ether oxygens (including phenoxy) is 1. The minimum Gasteiger partial charge on any atom is -0.497 e. The number of anilines is 2. The fraction of sp³-hybridized carbons (Fsp3) is 0.292. The number of rotatable bonds is 11. The second-order valence-electron chi connectivity index (χ2n) is 7.19. The van der Waals surface area contributed by atoms with Crippen LogP contribution in [0.4, 0.5) is 11.6 Å². The van der Waals surface area contributed by atoms with Crippen LogP contribution in [-0.4, -0.2) is 29.0 Å². The molecule has 2 aromatic carbocycles. The molecule has 1 atom stereocenters. The molecule has 0 aliphatic carbocycles. The summed E-state index contributed by atoms with van der Waals surface area (Å²) in [6, 6.07) is 19.3. The molecule has 7 heteroatoms. The highest BCUT2D eigenvalue weighted by Crippen LogP contribution is 2.14. The van der Waals surface area contributed by atoms with E-state index in [4.69, 9.17) is 4.74 Å². The third-order valence-electron chi connectivity index (χ3n) is 4.84. The highest BCUT2D eigenvalue weighted by molar-refractivity contribution is 5.94. The summed E-state index contributed by atoms with van der Waals surface area (Å²) < 4.78 is 5.18. The van der Waals surface area contributed by atoms with Gasteiger partial charge in [0.25, 0.3) is 0 Å². The lowest BCUT2D eigenvalue weighted by atomic mass is 10.1. The van der Waals surface area contributed by atoms with Gasteiger partial charge in [-0.3, -0.25) is 4.79 Å². The maximum Gasteiger partial charge on any atom is 0.242 e. The van der Waals surface area contributed by atoms with Gasteiger partial charge in [0.05, 0.1) is 13.2 Å². The third-order valence-corrected chi connectivity index (χ3v) is 4.84. The molecule has 1 heterocycles. The van der Waals surface area contributed by atoms with Crippen molar-refractivity contribution in [2.75, 3.05) is 17.7 Å². The number of amides is 1. The van der Waals surface area contributed by atoms with Crippen LogP contribution in [0.5, 0.6) is 5.75 Å². The molecule has 0 aliphatic rings. The molecule has 3 aromatic rings. The van der Waals surface area contributed by atoms with Gasteiger partial charge in [-0.1, -0.05) is 55.8 Å². The Morgan fingerprint density at radius 2 is 1.68 bits per heavy atom. The SMILES string of the molecule is CCCC(NCc1ccccc1)C(=O)Nc1cc(NCc2ccc(OC)cc2)ncn1. The normalized spacial score (nSPS) is 11.5. The third kappa shape index (κ3) is 7.08. The fourth-order valence-corrected chi connectivity index (χ4v) is 3.12. The van der Waals surface area contributed by atoms with Gasteiger partial charge < -0.3 is 20.7 Å². The van der Waals surface area contributed by atoms with Crippen molar-refractivity contribution in [2.45, 2.75) is 38.9 Å². The van der Waals surface area contributed by atoms with Crippen molar-refractivity contribution >= 4 is 17.5 Å². The van der Waals surface area contributed by atoms with E-state index in [-0.39, 0.29) is 11.9 Å². The van der Waals surface area contributed by atoms with Gasteiger partial charge in [-0.05, 0) is 29.7 Å². The summed E-state index contributed by atoms with van der Waals surface area (Å²) in [4.78, 5) is 21.2. The number of carbonyl (C=O) groups excluding carboxylic acids is 1. The molecule has 31 heavy (non-hydrogen) atoms. The van der Waals surface area contributed by atoms with Crippen LogP contribution >= 0.6 is 0 Å². The van der Waals surface area contributed by atoms with Crippen molar-refractivity contribution in [2.24, 2.45) is 0 Å². The van der Waals surface area contributed by atoms with E-state index in [0.29, 0.717) is 24.7 Å². The number of carbonyl (C=O) groups is 1. The molecule has 1 aromatic heterocycles. The number of nitrogens with zero attached hydrogens (tertiary/aromatic N) is 2. The molecule has 1 amide bonds. The van der Waals surface area contributed by atoms with Crippen molar-refractivity contribution < 1.29 is 9.53 Å². The average molecular weight is 420 g/mol. The second-order valence-corrected chi connectivity index (χ2v) is 7.19. The smallest absolute Gasteiger partial charge is 0.242 e. The number of methoxy groups -OCH3 is 1. The zero-order valence-electron chi connectivity index (χ0n) is 18.0. The largest absolute Gasteiger partial charge is 0.497 e. The Bertz CT molecular complexity index is 948. The predicted octanol–water partition coefficient (Wildman–Crippen LogP) is 3.99. The van der Waals surface area contributed by atoms with Crippen LogP contribution in [0.15, 0.2) is 67.0 Å². The highest BCUT2D eigenvalue weighted by atomic mass is 16.5. The maximum absolute atomic E-state index is 12.8. The summed E-state index contributed by atoms with van der Waals surface area (Å²) in [6.07, 6.45) is 3.09. The number of benzene rings is 2.